The quantitative estimate of drug-likeness (QED) is 0.230. The topological polar surface area (TPSA) is 51.2 Å². The van der Waals surface area contributed by atoms with Gasteiger partial charge in [0.2, 0.25) is 0 Å². The van der Waals surface area contributed by atoms with Gasteiger partial charge in [0, 0.05) is 17.9 Å². The maximum Gasteiger partial charge on any atom is 0.163 e. The number of rotatable bonds is 12. The summed E-state index contributed by atoms with van der Waals surface area (Å²) in [6.45, 7) is 14.1. The van der Waals surface area contributed by atoms with E-state index in [0.29, 0.717) is 6.42 Å². The van der Waals surface area contributed by atoms with E-state index in [9.17, 15) is 14.4 Å². The molecule has 0 N–H and O–H groups in total. The van der Waals surface area contributed by atoms with E-state index >= 15 is 0 Å². The fourth-order valence-electron chi connectivity index (χ4n) is 5.44. The molecule has 1 aromatic carbocycles. The van der Waals surface area contributed by atoms with Gasteiger partial charge in [-0.1, -0.05) is 71.2 Å². The highest BCUT2D eigenvalue weighted by Gasteiger charge is 2.33. The fourth-order valence-corrected chi connectivity index (χ4v) is 5.44. The van der Waals surface area contributed by atoms with Gasteiger partial charge in [0.1, 0.15) is 11.6 Å². The predicted octanol–water partition coefficient (Wildman–Crippen LogP) is 8.05. The molecule has 1 aliphatic rings. The summed E-state index contributed by atoms with van der Waals surface area (Å²) in [6.07, 6.45) is 12.6. The van der Waals surface area contributed by atoms with Crippen LogP contribution in [0.25, 0.3) is 0 Å². The fraction of sp³-hybridized carbons (Fsp3) is 0.645. The zero-order valence-corrected chi connectivity index (χ0v) is 22.8. The van der Waals surface area contributed by atoms with Gasteiger partial charge in [-0.25, -0.2) is 0 Å². The van der Waals surface area contributed by atoms with Gasteiger partial charge in [0.15, 0.2) is 5.78 Å². The Balaban J connectivity index is 0.00000182. The first-order valence-corrected chi connectivity index (χ1v) is 13.5. The molecule has 0 saturated heterocycles. The summed E-state index contributed by atoms with van der Waals surface area (Å²) in [4.78, 5) is 37.3. The van der Waals surface area contributed by atoms with E-state index in [1.54, 1.807) is 0 Å². The molecule has 3 atom stereocenters. The van der Waals surface area contributed by atoms with Crippen molar-refractivity contribution in [2.75, 3.05) is 0 Å². The van der Waals surface area contributed by atoms with Crippen LogP contribution >= 0.6 is 0 Å². The summed E-state index contributed by atoms with van der Waals surface area (Å²) in [5, 5.41) is 0. The van der Waals surface area contributed by atoms with Crippen molar-refractivity contribution in [3.8, 4) is 0 Å². The van der Waals surface area contributed by atoms with Crippen molar-refractivity contribution in [2.45, 2.75) is 113 Å². The van der Waals surface area contributed by atoms with Crippen molar-refractivity contribution in [1.29, 1.82) is 0 Å². The molecule has 3 nitrogen and oxygen atoms in total. The van der Waals surface area contributed by atoms with Gasteiger partial charge in [-0.2, -0.15) is 0 Å². The highest BCUT2D eigenvalue weighted by molar-refractivity contribution is 6.00. The van der Waals surface area contributed by atoms with Crippen molar-refractivity contribution in [3.63, 3.8) is 0 Å². The van der Waals surface area contributed by atoms with Crippen LogP contribution in [0.15, 0.2) is 24.3 Å². The second-order valence-corrected chi connectivity index (χ2v) is 10.0. The molecule has 0 aliphatic heterocycles. The molecule has 0 bridgehead atoms. The third-order valence-electron chi connectivity index (χ3n) is 6.88. The number of aryl methyl sites for hydroxylation is 1. The molecule has 3 unspecified atom stereocenters. The van der Waals surface area contributed by atoms with Gasteiger partial charge < -0.3 is 0 Å². The Kier molecular flexibility index (Phi) is 13.9. The van der Waals surface area contributed by atoms with Crippen LogP contribution in [0.3, 0.4) is 0 Å². The minimum absolute atomic E-state index is 0.0420. The van der Waals surface area contributed by atoms with Gasteiger partial charge >= 0.3 is 0 Å². The van der Waals surface area contributed by atoms with Crippen molar-refractivity contribution in [3.05, 3.63) is 46.5 Å². The standard InChI is InChI=1S/C28H40O3.C3H8/c1-6-9-10-12-22-13-14-24-17-21(18-27(31)28(24)20(22)5)16-23(11-7-2)25(8-3)26(30)15-19(4)29;1-3-2/h6,9,13-14,21,23,25H,7-8,10-12,15-18H2,1-5H3;3H2,1-2H3/b9-6-;. The van der Waals surface area contributed by atoms with Crippen molar-refractivity contribution in [1.82, 2.24) is 0 Å². The molecule has 0 amide bonds. The molecule has 0 heterocycles. The summed E-state index contributed by atoms with van der Waals surface area (Å²) in [5.74, 6) is 0.747. The lowest BCUT2D eigenvalue weighted by molar-refractivity contribution is -0.129. The molecule has 0 fully saturated rings. The van der Waals surface area contributed by atoms with Crippen LogP contribution in [0, 0.1) is 24.7 Å². The Labute approximate surface area is 208 Å². The summed E-state index contributed by atoms with van der Waals surface area (Å²) < 4.78 is 0. The van der Waals surface area contributed by atoms with Crippen LogP contribution in [-0.2, 0) is 22.4 Å². The summed E-state index contributed by atoms with van der Waals surface area (Å²) >= 11 is 0. The van der Waals surface area contributed by atoms with E-state index in [1.165, 1.54) is 24.5 Å². The second kappa shape index (κ2) is 15.8. The molecule has 1 aromatic rings. The summed E-state index contributed by atoms with van der Waals surface area (Å²) in [6, 6.07) is 4.35. The van der Waals surface area contributed by atoms with Crippen molar-refractivity contribution >= 4 is 17.3 Å². The predicted molar refractivity (Wildman–Crippen MR) is 144 cm³/mol. The lowest BCUT2D eigenvalue weighted by Gasteiger charge is -2.32. The molecule has 0 aromatic heterocycles. The first-order valence-electron chi connectivity index (χ1n) is 13.5. The Bertz CT molecular complexity index is 833. The lowest BCUT2D eigenvalue weighted by Crippen LogP contribution is -2.30. The molecule has 3 heteroatoms. The van der Waals surface area contributed by atoms with E-state index in [-0.39, 0.29) is 41.5 Å². The van der Waals surface area contributed by atoms with E-state index in [1.807, 2.05) is 13.8 Å². The number of carbonyl (C=O) groups is 3. The van der Waals surface area contributed by atoms with Gasteiger partial charge in [-0.05, 0) is 81.4 Å². The summed E-state index contributed by atoms with van der Waals surface area (Å²) in [5.41, 5.74) is 4.54. The Morgan fingerprint density at radius 2 is 1.79 bits per heavy atom. The minimum atomic E-state index is -0.0731. The van der Waals surface area contributed by atoms with Crippen LogP contribution in [0.1, 0.15) is 120 Å². The molecular weight excluding hydrogens is 420 g/mol. The van der Waals surface area contributed by atoms with Crippen molar-refractivity contribution in [2.24, 2.45) is 17.8 Å². The van der Waals surface area contributed by atoms with Crippen LogP contribution < -0.4 is 0 Å². The van der Waals surface area contributed by atoms with Crippen LogP contribution in [0.2, 0.25) is 0 Å². The number of ketones is 3. The molecule has 34 heavy (non-hydrogen) atoms. The maximum atomic E-state index is 13.1. The molecule has 0 saturated carbocycles. The second-order valence-electron chi connectivity index (χ2n) is 10.0. The molecule has 190 valence electrons. The van der Waals surface area contributed by atoms with Gasteiger partial charge in [0.25, 0.3) is 0 Å². The highest BCUT2D eigenvalue weighted by atomic mass is 16.1. The third kappa shape index (κ3) is 8.96. The molecular formula is C31H48O3. The number of carbonyl (C=O) groups excluding carboxylic acids is 3. The number of Topliss-reactive ketones (excluding diaryl/α,β-unsaturated/α-hetero) is 3. The number of hydrogen-bond donors (Lipinski definition) is 0. The first-order chi connectivity index (χ1) is 16.2. The number of hydrogen-bond acceptors (Lipinski definition) is 3. The van der Waals surface area contributed by atoms with E-state index in [0.717, 1.165) is 56.1 Å². The minimum Gasteiger partial charge on any atom is -0.300 e. The van der Waals surface area contributed by atoms with E-state index in [2.05, 4.69) is 52.0 Å². The van der Waals surface area contributed by atoms with E-state index in [4.69, 9.17) is 0 Å². The number of fused-ring (bicyclic) bond motifs is 1. The van der Waals surface area contributed by atoms with Crippen LogP contribution in [0.5, 0.6) is 0 Å². The molecule has 2 rings (SSSR count). The first kappa shape index (κ1) is 30.0. The number of benzene rings is 1. The Morgan fingerprint density at radius 3 is 2.35 bits per heavy atom. The van der Waals surface area contributed by atoms with Gasteiger partial charge in [0.05, 0.1) is 6.42 Å². The Hall–Kier alpha value is -2.03. The average Bonchev–Trinajstić information content (AvgIpc) is 2.76. The van der Waals surface area contributed by atoms with Gasteiger partial charge in [-0.15, -0.1) is 0 Å². The van der Waals surface area contributed by atoms with Crippen LogP contribution in [-0.4, -0.2) is 17.3 Å². The normalized spacial score (nSPS) is 17.0. The molecule has 0 spiro atoms. The van der Waals surface area contributed by atoms with E-state index < -0.39 is 0 Å². The maximum absolute atomic E-state index is 13.1. The lowest BCUT2D eigenvalue weighted by atomic mass is 9.72. The smallest absolute Gasteiger partial charge is 0.163 e. The van der Waals surface area contributed by atoms with Gasteiger partial charge in [-0.3, -0.25) is 14.4 Å². The van der Waals surface area contributed by atoms with Crippen LogP contribution in [0.4, 0.5) is 0 Å². The summed E-state index contributed by atoms with van der Waals surface area (Å²) in [7, 11) is 0. The largest absolute Gasteiger partial charge is 0.300 e. The molecule has 1 aliphatic carbocycles. The Morgan fingerprint density at radius 1 is 1.12 bits per heavy atom. The zero-order valence-electron chi connectivity index (χ0n) is 22.8. The number of allylic oxidation sites excluding steroid dienone is 2. The zero-order chi connectivity index (χ0) is 25.7. The third-order valence-corrected chi connectivity index (χ3v) is 6.88. The molecule has 0 radical (unpaired) electrons. The average molecular weight is 469 g/mol. The van der Waals surface area contributed by atoms with Crippen molar-refractivity contribution < 1.29 is 14.4 Å². The SMILES string of the molecule is C/C=C\CCc1ccc2c(c1C)C(=O)CC(CC(CCC)C(CC)C(=O)CC(C)=O)C2.CCC. The monoisotopic (exact) mass is 468 g/mol. The highest BCUT2D eigenvalue weighted by Crippen LogP contribution is 2.37.